The van der Waals surface area contributed by atoms with Crippen molar-refractivity contribution in [1.82, 2.24) is 9.97 Å². The molecule has 3 heterocycles. The van der Waals surface area contributed by atoms with Crippen LogP contribution >= 0.6 is 75.3 Å². The van der Waals surface area contributed by atoms with Gasteiger partial charge in [-0.15, -0.1) is 41.4 Å². The minimum absolute atomic E-state index is 0. The largest absolute Gasteiger partial charge is 0.544 e. The molecule has 2 amide bonds. The Morgan fingerprint density at radius 2 is 1.43 bits per heavy atom. The molecule has 0 spiro atoms. The van der Waals surface area contributed by atoms with Gasteiger partial charge in [-0.1, -0.05) is 7.43 Å². The summed E-state index contributed by atoms with van der Waals surface area (Å²) in [5.41, 5.74) is 1.40. The molecule has 2 aromatic heterocycles. The molecule has 0 bridgehead atoms. The monoisotopic (exact) mass is 936 g/mol. The fourth-order valence-electron chi connectivity index (χ4n) is 3.11. The standard InChI is InChI=1S/C10H13IO.C8H6BrF3N2O3.C7H7BrN2O3.CH2Cl2.CH4/c1-10(2)8-6-4-5-7-9(8)11(3)12-10;1-16-7(15)14(17-8(10,11)12)5-2-3-6(9)13-4-5;1-13-7(11)10(12)5-2-3-6(8)9-4-5;2-1-3;/h4-7H,1-3H3;2-4H,1H3;2-4,12H,1H3;1H2;1H4. The molecule has 3 aromatic rings. The third-order valence-corrected chi connectivity index (χ3v) is 10.2. The molecule has 1 aliphatic heterocycles. The number of anilines is 2. The van der Waals surface area contributed by atoms with Crippen molar-refractivity contribution in [3.8, 4) is 0 Å². The van der Waals surface area contributed by atoms with Crippen molar-refractivity contribution in [2.24, 2.45) is 0 Å². The summed E-state index contributed by atoms with van der Waals surface area (Å²) < 4.78 is 53.1. The summed E-state index contributed by atoms with van der Waals surface area (Å²) in [5.74, 6) is 0. The smallest absolute Gasteiger partial charge is 0.451 e. The molecule has 0 saturated carbocycles. The molecule has 19 heteroatoms. The van der Waals surface area contributed by atoms with Crippen LogP contribution in [-0.4, -0.2) is 58.2 Å². The van der Waals surface area contributed by atoms with Crippen molar-refractivity contribution in [2.45, 2.75) is 33.2 Å². The molecule has 0 unspecified atom stereocenters. The number of nitrogens with zero attached hydrogens (tertiary/aromatic N) is 4. The zero-order chi connectivity index (χ0) is 34.4. The van der Waals surface area contributed by atoms with Gasteiger partial charge in [0.25, 0.3) is 0 Å². The first-order chi connectivity index (χ1) is 21.0. The van der Waals surface area contributed by atoms with Gasteiger partial charge in [0.15, 0.2) is 0 Å². The van der Waals surface area contributed by atoms with Crippen molar-refractivity contribution in [3.05, 3.63) is 79.3 Å². The molecule has 0 radical (unpaired) electrons. The topological polar surface area (TPSA) is 124 Å². The van der Waals surface area contributed by atoms with Crippen LogP contribution in [0.5, 0.6) is 0 Å². The second kappa shape index (κ2) is 21.1. The number of amides is 2. The van der Waals surface area contributed by atoms with Gasteiger partial charge in [-0.3, -0.25) is 5.21 Å². The molecule has 0 saturated heterocycles. The zero-order valence-corrected chi connectivity index (χ0v) is 31.0. The van der Waals surface area contributed by atoms with Gasteiger partial charge in [0.05, 0.1) is 43.3 Å². The number of aromatic nitrogens is 2. The summed E-state index contributed by atoms with van der Waals surface area (Å²) in [6.45, 7) is 4.32. The molecule has 1 N–H and O–H groups in total. The SMILES string of the molecule is C.CI1OC(C)(C)c2ccccc21.COC(=O)N(O)c1ccc(Br)nc1.COC(=O)N(OC(F)(F)F)c1ccc(Br)nc1.ClCCl. The number of methoxy groups -OCH3 is 2. The summed E-state index contributed by atoms with van der Waals surface area (Å²) in [7, 11) is 2.11. The van der Waals surface area contributed by atoms with E-state index < -0.39 is 38.8 Å². The number of carbonyl (C=O) groups excluding carboxylic acids is 2. The zero-order valence-electron chi connectivity index (χ0n) is 24.2. The van der Waals surface area contributed by atoms with Crippen LogP contribution in [0.4, 0.5) is 34.1 Å². The number of hydrogen-bond acceptors (Lipinski definition) is 9. The Morgan fingerprint density at radius 1 is 0.957 bits per heavy atom. The number of hydrogen-bond donors (Lipinski definition) is 1. The fraction of sp³-hybridized carbons (Fsp3) is 0.333. The predicted molar refractivity (Wildman–Crippen MR) is 185 cm³/mol. The van der Waals surface area contributed by atoms with Crippen LogP contribution < -0.4 is 10.1 Å². The van der Waals surface area contributed by atoms with Crippen molar-refractivity contribution in [2.75, 3.05) is 34.6 Å². The second-order valence-corrected chi connectivity index (χ2v) is 14.8. The molecule has 1 aromatic carbocycles. The third kappa shape index (κ3) is 14.8. The second-order valence-electron chi connectivity index (χ2n) is 8.35. The Bertz CT molecular complexity index is 1370. The average Bonchev–Trinajstić information content (AvgIpc) is 3.24. The fourth-order valence-corrected chi connectivity index (χ4v) is 8.07. The van der Waals surface area contributed by atoms with E-state index in [4.69, 9.17) is 26.3 Å². The van der Waals surface area contributed by atoms with E-state index in [0.29, 0.717) is 14.3 Å². The Hall–Kier alpha value is -2.00. The predicted octanol–water partition coefficient (Wildman–Crippen LogP) is 9.90. The minimum atomic E-state index is -5.01. The summed E-state index contributed by atoms with van der Waals surface area (Å²) in [4.78, 5) is 35.2. The normalized spacial score (nSPS) is 13.0. The molecule has 4 rings (SSSR count). The van der Waals surface area contributed by atoms with Gasteiger partial charge < -0.3 is 9.47 Å². The van der Waals surface area contributed by atoms with E-state index >= 15 is 0 Å². The molecule has 258 valence electrons. The van der Waals surface area contributed by atoms with Gasteiger partial charge in [-0.2, -0.15) is 9.90 Å². The first-order valence-corrected chi connectivity index (χ1v) is 18.7. The van der Waals surface area contributed by atoms with Crippen LogP contribution in [0, 0.1) is 3.57 Å². The van der Waals surface area contributed by atoms with Gasteiger partial charge in [0.1, 0.15) is 9.21 Å². The molecular formula is C27H32Br2Cl2F3IN4O7. The molecule has 11 nitrogen and oxygen atoms in total. The maximum Gasteiger partial charge on any atom is 0.544 e. The molecule has 0 aliphatic carbocycles. The van der Waals surface area contributed by atoms with Crippen molar-refractivity contribution >= 4 is 98.9 Å². The van der Waals surface area contributed by atoms with E-state index in [-0.39, 0.29) is 34.8 Å². The number of ether oxygens (including phenoxy) is 2. The Kier molecular flexibility index (Phi) is 20.2. The first kappa shape index (κ1) is 44.0. The summed E-state index contributed by atoms with van der Waals surface area (Å²) in [6.07, 6.45) is -4.83. The van der Waals surface area contributed by atoms with Crippen LogP contribution in [0.2, 0.25) is 0 Å². The van der Waals surface area contributed by atoms with Crippen LogP contribution in [-0.2, 0) is 23.0 Å². The van der Waals surface area contributed by atoms with E-state index in [0.717, 1.165) is 13.3 Å². The third-order valence-electron chi connectivity index (χ3n) is 4.90. The summed E-state index contributed by atoms with van der Waals surface area (Å²) in [6, 6.07) is 14.3. The van der Waals surface area contributed by atoms with Crippen LogP contribution in [0.15, 0.2) is 70.1 Å². The minimum Gasteiger partial charge on any atom is -0.451 e. The van der Waals surface area contributed by atoms with E-state index in [1.165, 1.54) is 40.6 Å². The van der Waals surface area contributed by atoms with Gasteiger partial charge in [0.2, 0.25) is 0 Å². The number of hydroxylamine groups is 2. The van der Waals surface area contributed by atoms with E-state index in [1.54, 1.807) is 6.07 Å². The van der Waals surface area contributed by atoms with Crippen molar-refractivity contribution in [1.29, 1.82) is 0 Å². The van der Waals surface area contributed by atoms with Gasteiger partial charge in [-0.25, -0.2) is 19.6 Å². The van der Waals surface area contributed by atoms with Crippen LogP contribution in [0.1, 0.15) is 26.8 Å². The molecule has 1 aliphatic rings. The maximum absolute atomic E-state index is 12.1. The number of pyridine rings is 2. The van der Waals surface area contributed by atoms with E-state index in [1.807, 2.05) is 0 Å². The Balaban J connectivity index is 0.000000634. The molecular weight excluding hydrogens is 907 g/mol. The van der Waals surface area contributed by atoms with E-state index in [2.05, 4.69) is 99.2 Å². The van der Waals surface area contributed by atoms with Crippen molar-refractivity contribution < 1.29 is 45.3 Å². The number of alkyl halides is 6. The summed E-state index contributed by atoms with van der Waals surface area (Å²) >= 11 is 14.4. The number of fused-ring (bicyclic) bond motifs is 1. The summed E-state index contributed by atoms with van der Waals surface area (Å²) in [5, 5.41) is 9.71. The van der Waals surface area contributed by atoms with Gasteiger partial charge in [-0.05, 0) is 56.1 Å². The number of rotatable bonds is 3. The maximum atomic E-state index is 12.1. The Labute approximate surface area is 299 Å². The molecule has 0 fully saturated rings. The van der Waals surface area contributed by atoms with Gasteiger partial charge >= 0.3 is 99.6 Å². The molecule has 0 atom stereocenters. The average molecular weight is 939 g/mol. The van der Waals surface area contributed by atoms with E-state index in [9.17, 15) is 28.0 Å². The Morgan fingerprint density at radius 3 is 1.85 bits per heavy atom. The van der Waals surface area contributed by atoms with Crippen LogP contribution in [0.3, 0.4) is 0 Å². The van der Waals surface area contributed by atoms with Crippen LogP contribution in [0.25, 0.3) is 0 Å². The molecule has 46 heavy (non-hydrogen) atoms. The van der Waals surface area contributed by atoms with Gasteiger partial charge in [0, 0.05) is 0 Å². The number of carbonyl (C=O) groups is 2. The van der Waals surface area contributed by atoms with Crippen molar-refractivity contribution in [3.63, 3.8) is 0 Å². The number of halogens is 8. The number of benzene rings is 1. The quantitative estimate of drug-likeness (QED) is 0.0899. The first-order valence-electron chi connectivity index (χ1n) is 12.0.